The molecule has 0 atom stereocenters. The Labute approximate surface area is 141 Å². The van der Waals surface area contributed by atoms with E-state index in [2.05, 4.69) is 15.9 Å². The molecule has 0 bridgehead atoms. The Morgan fingerprint density at radius 1 is 1.39 bits per heavy atom. The van der Waals surface area contributed by atoms with Gasteiger partial charge in [0.15, 0.2) is 18.5 Å². The minimum absolute atomic E-state index is 0.152. The van der Waals surface area contributed by atoms with Crippen LogP contribution in [0.2, 0.25) is 0 Å². The molecule has 118 valence electrons. The molecule has 0 radical (unpaired) electrons. The first-order valence-corrected chi connectivity index (χ1v) is 7.94. The lowest BCUT2D eigenvalue weighted by Gasteiger charge is -2.01. The van der Waals surface area contributed by atoms with Crippen molar-refractivity contribution in [2.24, 2.45) is 0 Å². The summed E-state index contributed by atoms with van der Waals surface area (Å²) in [6.07, 6.45) is 3.40. The Balaban J connectivity index is 2.13. The monoisotopic (exact) mass is 376 g/mol. The van der Waals surface area contributed by atoms with Crippen LogP contribution in [0.1, 0.15) is 23.0 Å². The number of rotatable bonds is 4. The van der Waals surface area contributed by atoms with Crippen LogP contribution in [0.4, 0.5) is 0 Å². The van der Waals surface area contributed by atoms with Crippen molar-refractivity contribution in [3.63, 3.8) is 0 Å². The summed E-state index contributed by atoms with van der Waals surface area (Å²) in [7, 11) is 0. The first-order chi connectivity index (χ1) is 11.1. The largest absolute Gasteiger partial charge is 0.503 e. The van der Waals surface area contributed by atoms with E-state index in [-0.39, 0.29) is 18.1 Å². The lowest BCUT2D eigenvalue weighted by Crippen LogP contribution is -2.33. The van der Waals surface area contributed by atoms with Gasteiger partial charge in [0.05, 0.1) is 12.2 Å². The number of hydrogen-bond donors (Lipinski definition) is 1. The topological polar surface area (TPSA) is 63.5 Å². The third-order valence-electron chi connectivity index (χ3n) is 3.40. The van der Waals surface area contributed by atoms with E-state index in [4.69, 9.17) is 9.15 Å². The molecular weight excluding hydrogens is 362 g/mol. The number of carbonyl (C=O) groups excluding carboxylic acids is 1. The summed E-state index contributed by atoms with van der Waals surface area (Å²) in [6.45, 7) is 2.41. The molecule has 0 spiro atoms. The minimum atomic E-state index is -0.490. The van der Waals surface area contributed by atoms with Crippen LogP contribution in [0.5, 0.6) is 5.75 Å². The molecule has 3 rings (SSSR count). The summed E-state index contributed by atoms with van der Waals surface area (Å²) < 4.78 is 13.5. The Morgan fingerprint density at radius 3 is 2.96 bits per heavy atom. The number of hydrogen-bond acceptors (Lipinski definition) is 4. The second-order valence-corrected chi connectivity index (χ2v) is 5.92. The zero-order chi connectivity index (χ0) is 16.4. The van der Waals surface area contributed by atoms with Crippen molar-refractivity contribution in [3.8, 4) is 5.75 Å². The number of aromatic nitrogens is 1. The third kappa shape index (κ3) is 3.22. The smallest absolute Gasteiger partial charge is 0.374 e. The van der Waals surface area contributed by atoms with E-state index < -0.39 is 5.97 Å². The molecule has 1 aromatic carbocycles. The molecule has 1 N–H and O–H groups in total. The molecule has 0 aliphatic heterocycles. The highest BCUT2D eigenvalue weighted by Gasteiger charge is 2.24. The number of halogens is 1. The van der Waals surface area contributed by atoms with Crippen LogP contribution in [0.15, 0.2) is 51.6 Å². The number of furan rings is 1. The van der Waals surface area contributed by atoms with Gasteiger partial charge in [0.1, 0.15) is 5.58 Å². The van der Waals surface area contributed by atoms with Gasteiger partial charge in [-0.3, -0.25) is 0 Å². The highest BCUT2D eigenvalue weighted by atomic mass is 79.9. The number of fused-ring (bicyclic) bond motifs is 1. The second-order valence-electron chi connectivity index (χ2n) is 5.01. The summed E-state index contributed by atoms with van der Waals surface area (Å²) in [4.78, 5) is 12.2. The van der Waals surface area contributed by atoms with Gasteiger partial charge in [-0.1, -0.05) is 15.9 Å². The molecule has 5 nitrogen and oxygen atoms in total. The Morgan fingerprint density at radius 2 is 2.22 bits per heavy atom. The SMILES string of the molecule is CCOC(=O)c1oc2ccc(Br)cc2c1C[n+]1cccc(O)c1. The van der Waals surface area contributed by atoms with E-state index in [9.17, 15) is 9.90 Å². The number of nitrogens with zero attached hydrogens (tertiary/aromatic N) is 1. The highest BCUT2D eigenvalue weighted by molar-refractivity contribution is 9.10. The predicted octanol–water partition coefficient (Wildman–Crippen LogP) is 3.41. The Kier molecular flexibility index (Phi) is 4.34. The lowest BCUT2D eigenvalue weighted by molar-refractivity contribution is -0.688. The van der Waals surface area contributed by atoms with Gasteiger partial charge < -0.3 is 14.3 Å². The maximum absolute atomic E-state index is 12.2. The number of aromatic hydroxyl groups is 1. The summed E-state index contributed by atoms with van der Waals surface area (Å²) in [5.41, 5.74) is 1.34. The maximum atomic E-state index is 12.2. The first-order valence-electron chi connectivity index (χ1n) is 7.14. The molecule has 0 saturated carbocycles. The van der Waals surface area contributed by atoms with Gasteiger partial charge in [-0.05, 0) is 31.2 Å². The fourth-order valence-corrected chi connectivity index (χ4v) is 2.79. The van der Waals surface area contributed by atoms with Crippen molar-refractivity contribution in [3.05, 3.63) is 58.5 Å². The van der Waals surface area contributed by atoms with Crippen LogP contribution >= 0.6 is 15.9 Å². The van der Waals surface area contributed by atoms with Crippen molar-refractivity contribution < 1.29 is 23.6 Å². The van der Waals surface area contributed by atoms with Crippen molar-refractivity contribution in [2.75, 3.05) is 6.61 Å². The standard InChI is InChI=1S/C17H14BrNO4/c1-2-22-17(21)16-14(10-19-7-3-4-12(20)9-19)13-8-11(18)5-6-15(13)23-16/h3-9H,2,10H2,1H3/p+1. The van der Waals surface area contributed by atoms with Gasteiger partial charge in [0, 0.05) is 15.9 Å². The quantitative estimate of drug-likeness (QED) is 0.559. The van der Waals surface area contributed by atoms with Crippen molar-refractivity contribution in [2.45, 2.75) is 13.5 Å². The van der Waals surface area contributed by atoms with Gasteiger partial charge in [-0.25, -0.2) is 4.79 Å². The molecule has 0 saturated heterocycles. The van der Waals surface area contributed by atoms with Crippen molar-refractivity contribution >= 4 is 32.9 Å². The predicted molar refractivity (Wildman–Crippen MR) is 87.3 cm³/mol. The maximum Gasteiger partial charge on any atom is 0.374 e. The fraction of sp³-hybridized carbons (Fsp3) is 0.176. The molecule has 0 aliphatic rings. The van der Waals surface area contributed by atoms with E-state index in [1.165, 1.54) is 0 Å². The first kappa shape index (κ1) is 15.6. The molecule has 0 fully saturated rings. The normalized spacial score (nSPS) is 10.9. The second kappa shape index (κ2) is 6.42. The molecule has 0 amide bonds. The number of esters is 1. The zero-order valence-corrected chi connectivity index (χ0v) is 14.0. The van der Waals surface area contributed by atoms with Crippen molar-refractivity contribution in [1.29, 1.82) is 0 Å². The molecule has 23 heavy (non-hydrogen) atoms. The fourth-order valence-electron chi connectivity index (χ4n) is 2.43. The van der Waals surface area contributed by atoms with Crippen LogP contribution in [0, 0.1) is 0 Å². The van der Waals surface area contributed by atoms with Crippen molar-refractivity contribution in [1.82, 2.24) is 0 Å². The van der Waals surface area contributed by atoms with E-state index in [1.54, 1.807) is 35.9 Å². The average molecular weight is 377 g/mol. The summed E-state index contributed by atoms with van der Waals surface area (Å²) in [5, 5.41) is 10.5. The zero-order valence-electron chi connectivity index (χ0n) is 12.5. The van der Waals surface area contributed by atoms with Crippen LogP contribution in [-0.2, 0) is 11.3 Å². The molecule has 0 aliphatic carbocycles. The van der Waals surface area contributed by atoms with Crippen LogP contribution < -0.4 is 4.57 Å². The molecule has 0 unspecified atom stereocenters. The summed E-state index contributed by atoms with van der Waals surface area (Å²) in [5.74, 6) is -0.148. The van der Waals surface area contributed by atoms with Gasteiger partial charge in [-0.2, -0.15) is 4.57 Å². The third-order valence-corrected chi connectivity index (χ3v) is 3.89. The summed E-state index contributed by atoms with van der Waals surface area (Å²) in [6, 6.07) is 8.88. The molecule has 2 heterocycles. The van der Waals surface area contributed by atoms with E-state index >= 15 is 0 Å². The minimum Gasteiger partial charge on any atom is -0.503 e. The van der Waals surface area contributed by atoms with E-state index in [0.29, 0.717) is 12.1 Å². The van der Waals surface area contributed by atoms with Gasteiger partial charge in [-0.15, -0.1) is 0 Å². The van der Waals surface area contributed by atoms with Crippen LogP contribution in [0.25, 0.3) is 11.0 Å². The lowest BCUT2D eigenvalue weighted by atomic mass is 10.1. The van der Waals surface area contributed by atoms with Gasteiger partial charge in [0.25, 0.3) is 0 Å². The molecule has 2 aromatic heterocycles. The van der Waals surface area contributed by atoms with Gasteiger partial charge >= 0.3 is 5.97 Å². The number of carbonyl (C=O) groups is 1. The summed E-state index contributed by atoms with van der Waals surface area (Å²) >= 11 is 3.44. The molecule has 6 heteroatoms. The molecule has 3 aromatic rings. The number of ether oxygens (including phenoxy) is 1. The molecular formula is C17H15BrNO4+. The van der Waals surface area contributed by atoms with E-state index in [0.717, 1.165) is 15.4 Å². The van der Waals surface area contributed by atoms with Crippen LogP contribution in [-0.4, -0.2) is 17.7 Å². The Hall–Kier alpha value is -2.34. The van der Waals surface area contributed by atoms with Crippen LogP contribution in [0.3, 0.4) is 0 Å². The number of benzene rings is 1. The van der Waals surface area contributed by atoms with E-state index in [1.807, 2.05) is 18.3 Å². The number of pyridine rings is 1. The highest BCUT2D eigenvalue weighted by Crippen LogP contribution is 2.29. The van der Waals surface area contributed by atoms with Gasteiger partial charge in [0.2, 0.25) is 12.0 Å². The Bertz CT molecular complexity index is 872. The average Bonchev–Trinajstić information content (AvgIpc) is 2.86.